The zero-order valence-corrected chi connectivity index (χ0v) is 38.7. The first-order valence-corrected chi connectivity index (χ1v) is 25.1. The number of rotatable bonds is 43. The van der Waals surface area contributed by atoms with E-state index in [2.05, 4.69) is 38.2 Å². The van der Waals surface area contributed by atoms with Gasteiger partial charge in [0.1, 0.15) is 19.8 Å². The summed E-state index contributed by atoms with van der Waals surface area (Å²) >= 11 is 0. The molecule has 0 aliphatic heterocycles. The van der Waals surface area contributed by atoms with Gasteiger partial charge < -0.3 is 18.9 Å². The molecule has 0 amide bonds. The van der Waals surface area contributed by atoms with Crippen LogP contribution < -0.4 is 0 Å². The van der Waals surface area contributed by atoms with Crippen LogP contribution in [0.5, 0.6) is 0 Å². The highest BCUT2D eigenvalue weighted by atomic mass is 31.2. The standard InChI is InChI=1S/C47H90NO8P/c1-6-8-10-12-14-16-18-19-20-21-22-23-24-25-26-27-28-29-30-32-34-36-38-40-47(50)56-45(44-55-57(51,52)54-42-41-48(3,4)5)43-53-46(49)39-37-35-33-31-17-15-13-11-9-7-2/h11,13,21-22,45H,6-10,12,14-20,23-44H2,1-5H3/p+1/b13-11-,22-21-. The molecule has 0 rings (SSSR count). The van der Waals surface area contributed by atoms with Gasteiger partial charge in [0.2, 0.25) is 0 Å². The smallest absolute Gasteiger partial charge is 0.462 e. The number of likely N-dealkylation sites (N-methyl/N-ethyl adjacent to an activating group) is 1. The van der Waals surface area contributed by atoms with Gasteiger partial charge in [-0.15, -0.1) is 0 Å². The van der Waals surface area contributed by atoms with Crippen LogP contribution in [0.3, 0.4) is 0 Å². The summed E-state index contributed by atoms with van der Waals surface area (Å²) in [5.74, 6) is -0.806. The predicted octanol–water partition coefficient (Wildman–Crippen LogP) is 13.5. The molecule has 0 aliphatic carbocycles. The number of nitrogens with zero attached hydrogens (tertiary/aromatic N) is 1. The van der Waals surface area contributed by atoms with Crippen LogP contribution >= 0.6 is 7.82 Å². The van der Waals surface area contributed by atoms with E-state index in [0.717, 1.165) is 57.8 Å². The Morgan fingerprint density at radius 2 is 0.930 bits per heavy atom. The zero-order valence-electron chi connectivity index (χ0n) is 37.8. The Labute approximate surface area is 351 Å². The number of esters is 2. The fraction of sp³-hybridized carbons (Fsp3) is 0.872. The lowest BCUT2D eigenvalue weighted by atomic mass is 10.0. The first-order valence-electron chi connectivity index (χ1n) is 23.6. The van der Waals surface area contributed by atoms with Crippen molar-refractivity contribution < 1.29 is 42.1 Å². The summed E-state index contributed by atoms with van der Waals surface area (Å²) in [5.41, 5.74) is 0. The second-order valence-electron chi connectivity index (χ2n) is 17.1. The number of carbonyl (C=O) groups excluding carboxylic acids is 2. The third-order valence-corrected chi connectivity index (χ3v) is 11.2. The molecule has 0 heterocycles. The van der Waals surface area contributed by atoms with Crippen molar-refractivity contribution in [2.24, 2.45) is 0 Å². The quantitative estimate of drug-likeness (QED) is 0.0213. The number of phosphoric acid groups is 1. The molecule has 0 aromatic rings. The van der Waals surface area contributed by atoms with Crippen LogP contribution in [0.2, 0.25) is 0 Å². The summed E-state index contributed by atoms with van der Waals surface area (Å²) in [4.78, 5) is 35.3. The number of hydrogen-bond donors (Lipinski definition) is 1. The van der Waals surface area contributed by atoms with Crippen molar-refractivity contribution in [2.45, 2.75) is 219 Å². The maximum Gasteiger partial charge on any atom is 0.472 e. The van der Waals surface area contributed by atoms with Crippen LogP contribution in [-0.2, 0) is 32.7 Å². The summed E-state index contributed by atoms with van der Waals surface area (Å²) in [5, 5.41) is 0. The molecular formula is C47H91NO8P+. The molecule has 0 saturated heterocycles. The molecule has 2 atom stereocenters. The topological polar surface area (TPSA) is 108 Å². The fourth-order valence-electron chi connectivity index (χ4n) is 6.48. The van der Waals surface area contributed by atoms with Crippen molar-refractivity contribution >= 4 is 19.8 Å². The molecular weight excluding hydrogens is 737 g/mol. The molecule has 0 fully saturated rings. The van der Waals surface area contributed by atoms with E-state index in [1.807, 2.05) is 21.1 Å². The number of quaternary nitrogens is 1. The minimum Gasteiger partial charge on any atom is -0.462 e. The molecule has 2 unspecified atom stereocenters. The van der Waals surface area contributed by atoms with Crippen LogP contribution in [-0.4, -0.2) is 74.9 Å². The lowest BCUT2D eigenvalue weighted by Gasteiger charge is -2.24. The van der Waals surface area contributed by atoms with Crippen LogP contribution in [0.4, 0.5) is 0 Å². The van der Waals surface area contributed by atoms with Crippen LogP contribution in [0.15, 0.2) is 24.3 Å². The third-order valence-electron chi connectivity index (χ3n) is 10.2. The molecule has 10 heteroatoms. The lowest BCUT2D eigenvalue weighted by molar-refractivity contribution is -0.870. The van der Waals surface area contributed by atoms with E-state index in [1.165, 1.54) is 122 Å². The van der Waals surface area contributed by atoms with E-state index in [9.17, 15) is 19.0 Å². The van der Waals surface area contributed by atoms with Gasteiger partial charge in [-0.25, -0.2) is 4.57 Å². The van der Waals surface area contributed by atoms with Gasteiger partial charge in [0, 0.05) is 12.8 Å². The zero-order chi connectivity index (χ0) is 42.1. The van der Waals surface area contributed by atoms with E-state index in [1.54, 1.807) is 0 Å². The Balaban J connectivity index is 4.18. The second-order valence-corrected chi connectivity index (χ2v) is 18.6. The Morgan fingerprint density at radius 3 is 1.37 bits per heavy atom. The maximum absolute atomic E-state index is 12.7. The molecule has 0 bridgehead atoms. The molecule has 0 saturated carbocycles. The number of phosphoric ester groups is 1. The second kappa shape index (κ2) is 39.9. The number of carbonyl (C=O) groups is 2. The van der Waals surface area contributed by atoms with Crippen molar-refractivity contribution in [2.75, 3.05) is 47.5 Å². The van der Waals surface area contributed by atoms with E-state index in [0.29, 0.717) is 17.4 Å². The van der Waals surface area contributed by atoms with Gasteiger partial charge in [0.25, 0.3) is 0 Å². The molecule has 0 aromatic heterocycles. The average molecular weight is 829 g/mol. The van der Waals surface area contributed by atoms with Gasteiger partial charge in [0.05, 0.1) is 27.7 Å². The summed E-state index contributed by atoms with van der Waals surface area (Å²) in [7, 11) is 1.48. The van der Waals surface area contributed by atoms with E-state index >= 15 is 0 Å². The Kier molecular flexibility index (Phi) is 38.9. The molecule has 9 nitrogen and oxygen atoms in total. The molecule has 1 N–H and O–H groups in total. The highest BCUT2D eigenvalue weighted by Gasteiger charge is 2.27. The minimum atomic E-state index is -4.37. The highest BCUT2D eigenvalue weighted by Crippen LogP contribution is 2.43. The Hall–Kier alpha value is -1.51. The van der Waals surface area contributed by atoms with Gasteiger partial charge in [0.15, 0.2) is 6.10 Å². The van der Waals surface area contributed by atoms with Gasteiger partial charge >= 0.3 is 19.8 Å². The highest BCUT2D eigenvalue weighted by molar-refractivity contribution is 7.47. The Morgan fingerprint density at radius 1 is 0.526 bits per heavy atom. The van der Waals surface area contributed by atoms with Crippen molar-refractivity contribution in [3.63, 3.8) is 0 Å². The van der Waals surface area contributed by atoms with E-state index in [4.69, 9.17) is 18.5 Å². The first kappa shape index (κ1) is 55.5. The average Bonchev–Trinajstić information content (AvgIpc) is 3.16. The predicted molar refractivity (Wildman–Crippen MR) is 238 cm³/mol. The number of unbranched alkanes of at least 4 members (excludes halogenated alkanes) is 25. The SMILES string of the molecule is CCC/C=C\CCCCCCCC(=O)OCC(COP(=O)(O)OCC[N+](C)(C)C)OC(=O)CCCCCCCCCCCCC/C=C\CCCCCCCCCC. The Bertz CT molecular complexity index is 1030. The van der Waals surface area contributed by atoms with Crippen LogP contribution in [0.1, 0.15) is 213 Å². The van der Waals surface area contributed by atoms with Gasteiger partial charge in [-0.2, -0.15) is 0 Å². The fourth-order valence-corrected chi connectivity index (χ4v) is 7.22. The summed E-state index contributed by atoms with van der Waals surface area (Å²) in [6.45, 7) is 4.36. The molecule has 0 spiro atoms. The van der Waals surface area contributed by atoms with Gasteiger partial charge in [-0.05, 0) is 57.8 Å². The van der Waals surface area contributed by atoms with Gasteiger partial charge in [-0.3, -0.25) is 18.6 Å². The normalized spacial score (nSPS) is 13.7. The number of allylic oxidation sites excluding steroid dienone is 4. The van der Waals surface area contributed by atoms with Crippen molar-refractivity contribution in [1.82, 2.24) is 0 Å². The minimum absolute atomic E-state index is 0.0316. The van der Waals surface area contributed by atoms with Crippen molar-refractivity contribution in [1.29, 1.82) is 0 Å². The largest absolute Gasteiger partial charge is 0.472 e. The number of hydrogen-bond acceptors (Lipinski definition) is 7. The molecule has 0 aromatic carbocycles. The lowest BCUT2D eigenvalue weighted by Crippen LogP contribution is -2.37. The molecule has 57 heavy (non-hydrogen) atoms. The van der Waals surface area contributed by atoms with E-state index in [-0.39, 0.29) is 32.0 Å². The van der Waals surface area contributed by atoms with Crippen LogP contribution in [0, 0.1) is 0 Å². The van der Waals surface area contributed by atoms with Crippen molar-refractivity contribution in [3.05, 3.63) is 24.3 Å². The third kappa shape index (κ3) is 43.9. The van der Waals surface area contributed by atoms with Crippen LogP contribution in [0.25, 0.3) is 0 Å². The summed E-state index contributed by atoms with van der Waals surface area (Å²) in [6.07, 6.45) is 43.8. The van der Waals surface area contributed by atoms with E-state index < -0.39 is 26.5 Å². The monoisotopic (exact) mass is 829 g/mol. The molecule has 0 aliphatic rings. The molecule has 336 valence electrons. The van der Waals surface area contributed by atoms with Gasteiger partial charge in [-0.1, -0.05) is 167 Å². The number of ether oxygens (including phenoxy) is 2. The summed E-state index contributed by atoms with van der Waals surface area (Å²) < 4.78 is 34.3. The molecule has 0 radical (unpaired) electrons. The van der Waals surface area contributed by atoms with Crippen molar-refractivity contribution in [3.8, 4) is 0 Å². The first-order chi connectivity index (χ1) is 27.5. The summed E-state index contributed by atoms with van der Waals surface area (Å²) in [6, 6.07) is 0. The maximum atomic E-state index is 12.7.